The van der Waals surface area contributed by atoms with Gasteiger partial charge in [0.05, 0.1) is 24.9 Å². The fourth-order valence-corrected chi connectivity index (χ4v) is 3.15. The molecule has 0 saturated heterocycles. The molecular weight excluding hydrogens is 290 g/mol. The molecule has 23 heavy (non-hydrogen) atoms. The number of nitrogens with one attached hydrogen (secondary N) is 1. The number of aliphatic hydroxyl groups is 1. The van der Waals surface area contributed by atoms with Gasteiger partial charge in [-0.1, -0.05) is 6.07 Å². The van der Waals surface area contributed by atoms with Crippen LogP contribution in [-0.2, 0) is 24.9 Å². The molecule has 0 aliphatic carbocycles. The Morgan fingerprint density at radius 2 is 1.96 bits per heavy atom. The Bertz CT molecular complexity index is 665. The van der Waals surface area contributed by atoms with Crippen LogP contribution in [0.4, 0.5) is 0 Å². The van der Waals surface area contributed by atoms with Crippen molar-refractivity contribution < 1.29 is 9.84 Å². The minimum Gasteiger partial charge on any atom is -0.392 e. The van der Waals surface area contributed by atoms with Gasteiger partial charge in [0, 0.05) is 26.9 Å². The number of aliphatic hydroxyl groups excluding tert-OH is 1. The highest BCUT2D eigenvalue weighted by Crippen LogP contribution is 2.23. The third-order valence-electron chi connectivity index (χ3n) is 4.52. The van der Waals surface area contributed by atoms with Crippen LogP contribution in [0.2, 0.25) is 0 Å². The monoisotopic (exact) mass is 317 g/mol. The molecule has 2 N–H and O–H groups in total. The molecule has 2 rings (SSSR count). The van der Waals surface area contributed by atoms with E-state index < -0.39 is 0 Å². The number of hydrogen-bond acceptors (Lipinski definition) is 4. The second-order valence-corrected chi connectivity index (χ2v) is 6.02. The molecule has 0 fully saturated rings. The average molecular weight is 317 g/mol. The van der Waals surface area contributed by atoms with E-state index in [4.69, 9.17) is 4.74 Å². The lowest BCUT2D eigenvalue weighted by Gasteiger charge is -2.21. The first-order chi connectivity index (χ1) is 11.0. The summed E-state index contributed by atoms with van der Waals surface area (Å²) in [5.74, 6) is 0. The summed E-state index contributed by atoms with van der Waals surface area (Å²) < 4.78 is 7.22. The van der Waals surface area contributed by atoms with Crippen molar-refractivity contribution in [3.8, 4) is 0 Å². The molecule has 0 aliphatic heterocycles. The van der Waals surface area contributed by atoms with Crippen LogP contribution >= 0.6 is 0 Å². The molecule has 5 heteroatoms. The van der Waals surface area contributed by atoms with E-state index in [9.17, 15) is 5.11 Å². The molecule has 2 aromatic rings. The maximum Gasteiger partial charge on any atom is 0.0731 e. The highest BCUT2D eigenvalue weighted by Gasteiger charge is 2.16. The molecule has 1 aromatic carbocycles. The molecule has 5 nitrogen and oxygen atoms in total. The number of ether oxygens (including phenoxy) is 1. The molecular formula is C18H27N3O2. The maximum atomic E-state index is 9.61. The summed E-state index contributed by atoms with van der Waals surface area (Å²) in [5.41, 5.74) is 6.91. The number of aryl methyl sites for hydroxylation is 3. The van der Waals surface area contributed by atoms with Crippen LogP contribution in [0.5, 0.6) is 0 Å². The summed E-state index contributed by atoms with van der Waals surface area (Å²) in [5, 5.41) is 17.4. The first-order valence-corrected chi connectivity index (χ1v) is 7.89. The van der Waals surface area contributed by atoms with E-state index in [2.05, 4.69) is 30.3 Å². The molecule has 1 atom stereocenters. The standard InChI is InChI=1S/C18H27N3O2/c1-12-8-13(2)16(10-22)14(3)15(12)9-19-17(11-23-5)18-6-7-20-21(18)4/h6-8,17,19,22H,9-11H2,1-5H3. The van der Waals surface area contributed by atoms with E-state index in [-0.39, 0.29) is 12.6 Å². The van der Waals surface area contributed by atoms with Crippen LogP contribution in [0.25, 0.3) is 0 Å². The van der Waals surface area contributed by atoms with Gasteiger partial charge in [-0.15, -0.1) is 0 Å². The molecule has 1 unspecified atom stereocenters. The Labute approximate surface area is 138 Å². The van der Waals surface area contributed by atoms with Crippen molar-refractivity contribution in [1.82, 2.24) is 15.1 Å². The highest BCUT2D eigenvalue weighted by molar-refractivity contribution is 5.44. The third-order valence-corrected chi connectivity index (χ3v) is 4.52. The summed E-state index contributed by atoms with van der Waals surface area (Å²) in [6, 6.07) is 4.22. The van der Waals surface area contributed by atoms with Crippen molar-refractivity contribution in [2.75, 3.05) is 13.7 Å². The van der Waals surface area contributed by atoms with E-state index in [1.165, 1.54) is 16.7 Å². The second kappa shape index (κ2) is 7.73. The molecule has 0 bridgehead atoms. The SMILES string of the molecule is COCC(NCc1c(C)cc(C)c(CO)c1C)c1ccnn1C. The number of benzene rings is 1. The van der Waals surface area contributed by atoms with E-state index in [1.807, 2.05) is 24.7 Å². The van der Waals surface area contributed by atoms with Gasteiger partial charge in [0.1, 0.15) is 0 Å². The smallest absolute Gasteiger partial charge is 0.0731 e. The van der Waals surface area contributed by atoms with Gasteiger partial charge in [0.2, 0.25) is 0 Å². The van der Waals surface area contributed by atoms with E-state index in [0.29, 0.717) is 6.61 Å². The van der Waals surface area contributed by atoms with Crippen LogP contribution in [0.1, 0.15) is 39.6 Å². The summed E-state index contributed by atoms with van der Waals surface area (Å²) in [4.78, 5) is 0. The molecule has 126 valence electrons. The van der Waals surface area contributed by atoms with Gasteiger partial charge in [-0.2, -0.15) is 5.10 Å². The van der Waals surface area contributed by atoms with Crippen molar-refractivity contribution in [3.05, 3.63) is 51.8 Å². The number of rotatable bonds is 7. The molecule has 1 heterocycles. The third kappa shape index (κ3) is 3.80. The summed E-state index contributed by atoms with van der Waals surface area (Å²) in [6.07, 6.45) is 1.80. The summed E-state index contributed by atoms with van der Waals surface area (Å²) >= 11 is 0. The Morgan fingerprint density at radius 1 is 1.26 bits per heavy atom. The van der Waals surface area contributed by atoms with Crippen LogP contribution < -0.4 is 5.32 Å². The predicted molar refractivity (Wildman–Crippen MR) is 91.2 cm³/mol. The Balaban J connectivity index is 2.23. The van der Waals surface area contributed by atoms with Crippen molar-refractivity contribution in [3.63, 3.8) is 0 Å². The average Bonchev–Trinajstić information content (AvgIpc) is 2.92. The highest BCUT2D eigenvalue weighted by atomic mass is 16.5. The Hall–Kier alpha value is -1.69. The molecule has 0 spiro atoms. The fraction of sp³-hybridized carbons (Fsp3) is 0.500. The van der Waals surface area contributed by atoms with E-state index >= 15 is 0 Å². The van der Waals surface area contributed by atoms with Crippen molar-refractivity contribution >= 4 is 0 Å². The lowest BCUT2D eigenvalue weighted by atomic mass is 9.93. The van der Waals surface area contributed by atoms with Gasteiger partial charge in [0.25, 0.3) is 0 Å². The Kier molecular flexibility index (Phi) is 5.93. The van der Waals surface area contributed by atoms with Crippen LogP contribution in [0.3, 0.4) is 0 Å². The number of nitrogens with zero attached hydrogens (tertiary/aromatic N) is 2. The maximum absolute atomic E-state index is 9.61. The molecule has 1 aromatic heterocycles. The predicted octanol–water partition coefficient (Wildman–Crippen LogP) is 2.31. The summed E-state index contributed by atoms with van der Waals surface area (Å²) in [7, 11) is 3.64. The van der Waals surface area contributed by atoms with Gasteiger partial charge in [-0.05, 0) is 54.7 Å². The van der Waals surface area contributed by atoms with Crippen LogP contribution in [0, 0.1) is 20.8 Å². The van der Waals surface area contributed by atoms with Crippen molar-refractivity contribution in [2.24, 2.45) is 7.05 Å². The zero-order valence-electron chi connectivity index (χ0n) is 14.7. The van der Waals surface area contributed by atoms with Crippen molar-refractivity contribution in [1.29, 1.82) is 0 Å². The minimum atomic E-state index is 0.0742. The fourth-order valence-electron chi connectivity index (χ4n) is 3.15. The molecule has 0 aliphatic rings. The van der Waals surface area contributed by atoms with Crippen LogP contribution in [0.15, 0.2) is 18.3 Å². The van der Waals surface area contributed by atoms with Gasteiger partial charge in [-0.25, -0.2) is 0 Å². The van der Waals surface area contributed by atoms with Gasteiger partial charge < -0.3 is 15.2 Å². The normalized spacial score (nSPS) is 12.6. The van der Waals surface area contributed by atoms with Crippen LogP contribution in [-0.4, -0.2) is 28.6 Å². The lowest BCUT2D eigenvalue weighted by Crippen LogP contribution is -2.27. The molecule has 0 saturated carbocycles. The molecule has 0 radical (unpaired) electrons. The lowest BCUT2D eigenvalue weighted by molar-refractivity contribution is 0.163. The second-order valence-electron chi connectivity index (χ2n) is 6.02. The largest absolute Gasteiger partial charge is 0.392 e. The quantitative estimate of drug-likeness (QED) is 0.823. The first-order valence-electron chi connectivity index (χ1n) is 7.89. The number of hydrogen-bond donors (Lipinski definition) is 2. The zero-order chi connectivity index (χ0) is 17.0. The van der Waals surface area contributed by atoms with Gasteiger partial charge >= 0.3 is 0 Å². The Morgan fingerprint density at radius 3 is 2.52 bits per heavy atom. The number of aromatic nitrogens is 2. The van der Waals surface area contributed by atoms with Crippen molar-refractivity contribution in [2.45, 2.75) is 40.0 Å². The molecule has 0 amide bonds. The number of methoxy groups -OCH3 is 1. The minimum absolute atomic E-state index is 0.0742. The van der Waals surface area contributed by atoms with Gasteiger partial charge in [-0.3, -0.25) is 4.68 Å². The topological polar surface area (TPSA) is 59.3 Å². The van der Waals surface area contributed by atoms with Gasteiger partial charge in [0.15, 0.2) is 0 Å². The summed E-state index contributed by atoms with van der Waals surface area (Å²) in [6.45, 7) is 7.63. The van der Waals surface area contributed by atoms with E-state index in [1.54, 1.807) is 13.3 Å². The zero-order valence-corrected chi connectivity index (χ0v) is 14.7. The first kappa shape index (κ1) is 17.7. The van der Waals surface area contributed by atoms with E-state index in [0.717, 1.165) is 23.4 Å².